The quantitative estimate of drug-likeness (QED) is 0.831. The Morgan fingerprint density at radius 2 is 2.05 bits per heavy atom. The number of rotatable bonds is 5. The Balaban J connectivity index is 2.33. The van der Waals surface area contributed by atoms with Gasteiger partial charge >= 0.3 is 6.09 Å². The Kier molecular flexibility index (Phi) is 6.13. The van der Waals surface area contributed by atoms with E-state index in [2.05, 4.69) is 21.2 Å². The van der Waals surface area contributed by atoms with Crippen molar-refractivity contribution in [2.45, 2.75) is 26.4 Å². The fourth-order valence-corrected chi connectivity index (χ4v) is 1.83. The fourth-order valence-electron chi connectivity index (χ4n) is 1.35. The molecular weight excluding hydrogens is 326 g/mol. The van der Waals surface area contributed by atoms with Gasteiger partial charge in [-0.3, -0.25) is 0 Å². The van der Waals surface area contributed by atoms with Crippen molar-refractivity contribution in [2.24, 2.45) is 0 Å². The Morgan fingerprint density at radius 3 is 2.60 bits per heavy atom. The molecule has 5 nitrogen and oxygen atoms in total. The summed E-state index contributed by atoms with van der Waals surface area (Å²) in [6, 6.07) is 5.43. The van der Waals surface area contributed by atoms with E-state index in [1.807, 2.05) is 26.8 Å². The van der Waals surface area contributed by atoms with Gasteiger partial charge < -0.3 is 19.5 Å². The standard InChI is InChI=1S/C14H20BrNO4/c1-14(2,3)20-13(17)16-7-8-19-12-6-5-10(18-4)9-11(12)15/h5-6,9H,7-8H2,1-4H3,(H,16,17). The molecule has 0 saturated heterocycles. The second-order valence-corrected chi connectivity index (χ2v) is 5.93. The van der Waals surface area contributed by atoms with Crippen molar-refractivity contribution in [2.75, 3.05) is 20.3 Å². The predicted octanol–water partition coefficient (Wildman–Crippen LogP) is 3.36. The van der Waals surface area contributed by atoms with E-state index in [1.54, 1.807) is 19.2 Å². The first-order valence-electron chi connectivity index (χ1n) is 6.25. The van der Waals surface area contributed by atoms with Crippen molar-refractivity contribution < 1.29 is 19.0 Å². The lowest BCUT2D eigenvalue weighted by molar-refractivity contribution is 0.0520. The van der Waals surface area contributed by atoms with Crippen molar-refractivity contribution in [3.05, 3.63) is 22.7 Å². The lowest BCUT2D eigenvalue weighted by Crippen LogP contribution is -2.34. The van der Waals surface area contributed by atoms with Gasteiger partial charge in [0.05, 0.1) is 18.1 Å². The average molecular weight is 346 g/mol. The third-order valence-electron chi connectivity index (χ3n) is 2.17. The van der Waals surface area contributed by atoms with Crippen LogP contribution in [0.15, 0.2) is 22.7 Å². The summed E-state index contributed by atoms with van der Waals surface area (Å²) in [7, 11) is 1.60. The maximum atomic E-state index is 11.4. The van der Waals surface area contributed by atoms with E-state index in [0.717, 1.165) is 10.2 Å². The smallest absolute Gasteiger partial charge is 0.407 e. The highest BCUT2D eigenvalue weighted by Gasteiger charge is 2.15. The van der Waals surface area contributed by atoms with Crippen molar-refractivity contribution >= 4 is 22.0 Å². The predicted molar refractivity (Wildman–Crippen MR) is 80.4 cm³/mol. The van der Waals surface area contributed by atoms with Crippen LogP contribution < -0.4 is 14.8 Å². The number of carbonyl (C=O) groups excluding carboxylic acids is 1. The van der Waals surface area contributed by atoms with E-state index >= 15 is 0 Å². The number of benzene rings is 1. The average Bonchev–Trinajstić information content (AvgIpc) is 2.33. The molecule has 6 heteroatoms. The molecule has 0 heterocycles. The summed E-state index contributed by atoms with van der Waals surface area (Å²) in [6.45, 7) is 6.17. The van der Waals surface area contributed by atoms with Gasteiger partial charge in [0.25, 0.3) is 0 Å². The molecule has 0 aromatic heterocycles. The maximum absolute atomic E-state index is 11.4. The van der Waals surface area contributed by atoms with Crippen LogP contribution in [0.25, 0.3) is 0 Å². The molecule has 0 spiro atoms. The van der Waals surface area contributed by atoms with Gasteiger partial charge in [0.2, 0.25) is 0 Å². The molecule has 0 aliphatic heterocycles. The molecule has 0 unspecified atom stereocenters. The SMILES string of the molecule is COc1ccc(OCCNC(=O)OC(C)(C)C)c(Br)c1. The van der Waals surface area contributed by atoms with Gasteiger partial charge in [0.15, 0.2) is 0 Å². The molecule has 0 fully saturated rings. The molecule has 1 aromatic rings. The highest BCUT2D eigenvalue weighted by molar-refractivity contribution is 9.10. The zero-order valence-electron chi connectivity index (χ0n) is 12.2. The molecule has 0 radical (unpaired) electrons. The number of nitrogens with one attached hydrogen (secondary N) is 1. The van der Waals surface area contributed by atoms with Gasteiger partial charge in [-0.2, -0.15) is 0 Å². The molecule has 1 aromatic carbocycles. The van der Waals surface area contributed by atoms with Crippen LogP contribution in [-0.4, -0.2) is 32.0 Å². The Hall–Kier alpha value is -1.43. The molecule has 0 aliphatic carbocycles. The normalized spacial score (nSPS) is 10.8. The third-order valence-corrected chi connectivity index (χ3v) is 2.79. The third kappa shape index (κ3) is 6.14. The van der Waals surface area contributed by atoms with E-state index in [1.165, 1.54) is 0 Å². The fraction of sp³-hybridized carbons (Fsp3) is 0.500. The van der Waals surface area contributed by atoms with E-state index in [4.69, 9.17) is 14.2 Å². The number of methoxy groups -OCH3 is 1. The topological polar surface area (TPSA) is 56.8 Å². The van der Waals surface area contributed by atoms with E-state index in [9.17, 15) is 4.79 Å². The number of hydrogen-bond donors (Lipinski definition) is 1. The molecule has 112 valence electrons. The molecule has 0 aliphatic rings. The van der Waals surface area contributed by atoms with Gasteiger partial charge in [0, 0.05) is 0 Å². The van der Waals surface area contributed by atoms with Gasteiger partial charge in [-0.25, -0.2) is 4.79 Å². The number of halogens is 1. The van der Waals surface area contributed by atoms with Gasteiger partial charge in [-0.05, 0) is 54.9 Å². The Bertz CT molecular complexity index is 457. The van der Waals surface area contributed by atoms with Gasteiger partial charge in [-0.15, -0.1) is 0 Å². The maximum Gasteiger partial charge on any atom is 0.407 e. The minimum Gasteiger partial charge on any atom is -0.497 e. The largest absolute Gasteiger partial charge is 0.497 e. The first-order chi connectivity index (χ1) is 9.31. The van der Waals surface area contributed by atoms with Crippen molar-refractivity contribution in [3.8, 4) is 11.5 Å². The van der Waals surface area contributed by atoms with Crippen LogP contribution in [0.4, 0.5) is 4.79 Å². The second-order valence-electron chi connectivity index (χ2n) is 5.07. The number of amides is 1. The number of ether oxygens (including phenoxy) is 3. The molecule has 1 N–H and O–H groups in total. The van der Waals surface area contributed by atoms with Crippen LogP contribution in [0, 0.1) is 0 Å². The Morgan fingerprint density at radius 1 is 1.35 bits per heavy atom. The molecule has 1 rings (SSSR count). The molecule has 0 bridgehead atoms. The summed E-state index contributed by atoms with van der Waals surface area (Å²) in [5, 5.41) is 2.63. The lowest BCUT2D eigenvalue weighted by Gasteiger charge is -2.19. The minimum atomic E-state index is -0.496. The van der Waals surface area contributed by atoms with Crippen molar-refractivity contribution in [3.63, 3.8) is 0 Å². The monoisotopic (exact) mass is 345 g/mol. The molecule has 0 saturated carbocycles. The number of alkyl carbamates (subject to hydrolysis) is 1. The highest BCUT2D eigenvalue weighted by Crippen LogP contribution is 2.28. The van der Waals surface area contributed by atoms with Crippen molar-refractivity contribution in [1.82, 2.24) is 5.32 Å². The van der Waals surface area contributed by atoms with E-state index in [-0.39, 0.29) is 0 Å². The van der Waals surface area contributed by atoms with E-state index < -0.39 is 11.7 Å². The summed E-state index contributed by atoms with van der Waals surface area (Å²) in [4.78, 5) is 11.4. The van der Waals surface area contributed by atoms with Crippen LogP contribution in [0.5, 0.6) is 11.5 Å². The summed E-state index contributed by atoms with van der Waals surface area (Å²) in [5.41, 5.74) is -0.496. The first kappa shape index (κ1) is 16.6. The highest BCUT2D eigenvalue weighted by atomic mass is 79.9. The van der Waals surface area contributed by atoms with Crippen LogP contribution in [-0.2, 0) is 4.74 Å². The molecule has 0 atom stereocenters. The van der Waals surface area contributed by atoms with Crippen LogP contribution >= 0.6 is 15.9 Å². The summed E-state index contributed by atoms with van der Waals surface area (Å²) < 4.78 is 16.6. The summed E-state index contributed by atoms with van der Waals surface area (Å²) >= 11 is 3.39. The number of carbonyl (C=O) groups is 1. The minimum absolute atomic E-state index is 0.351. The zero-order valence-corrected chi connectivity index (χ0v) is 13.7. The molecule has 20 heavy (non-hydrogen) atoms. The zero-order chi connectivity index (χ0) is 15.2. The number of hydrogen-bond acceptors (Lipinski definition) is 4. The van der Waals surface area contributed by atoms with Gasteiger partial charge in [-0.1, -0.05) is 0 Å². The van der Waals surface area contributed by atoms with Crippen molar-refractivity contribution in [1.29, 1.82) is 0 Å². The van der Waals surface area contributed by atoms with E-state index in [0.29, 0.717) is 18.9 Å². The van der Waals surface area contributed by atoms with Crippen LogP contribution in [0.1, 0.15) is 20.8 Å². The van der Waals surface area contributed by atoms with Gasteiger partial charge in [0.1, 0.15) is 23.7 Å². The summed E-state index contributed by atoms with van der Waals surface area (Å²) in [6.07, 6.45) is -0.449. The Labute approximate surface area is 127 Å². The lowest BCUT2D eigenvalue weighted by atomic mass is 10.2. The van der Waals surface area contributed by atoms with Crippen LogP contribution in [0.3, 0.4) is 0 Å². The summed E-state index contributed by atoms with van der Waals surface area (Å²) in [5.74, 6) is 1.44. The second kappa shape index (κ2) is 7.38. The first-order valence-corrected chi connectivity index (χ1v) is 7.04. The molecular formula is C14H20BrNO4. The molecule has 1 amide bonds. The van der Waals surface area contributed by atoms with Crippen LogP contribution in [0.2, 0.25) is 0 Å².